The van der Waals surface area contributed by atoms with E-state index in [9.17, 15) is 18.0 Å². The van der Waals surface area contributed by atoms with Gasteiger partial charge in [0.15, 0.2) is 0 Å². The molecule has 0 saturated heterocycles. The Balaban J connectivity index is 1.70. The second kappa shape index (κ2) is 8.00. The maximum absolute atomic E-state index is 13.0. The minimum absolute atomic E-state index is 0.00943. The fraction of sp³-hybridized carbons (Fsp3) is 0.391. The number of rotatable bonds is 5. The number of anilines is 3. The van der Waals surface area contributed by atoms with Crippen molar-refractivity contribution in [2.75, 3.05) is 26.8 Å². The third-order valence-electron chi connectivity index (χ3n) is 5.82. The lowest BCUT2D eigenvalue weighted by molar-refractivity contribution is -0.120. The van der Waals surface area contributed by atoms with Crippen LogP contribution in [0.25, 0.3) is 11.1 Å². The summed E-state index contributed by atoms with van der Waals surface area (Å²) in [5.41, 5.74) is 3.80. The number of hydrogen-bond acceptors (Lipinski definition) is 4. The number of amides is 2. The van der Waals surface area contributed by atoms with Crippen LogP contribution in [0.3, 0.4) is 0 Å². The largest absolute Gasteiger partial charge is 0.308 e. The van der Waals surface area contributed by atoms with Crippen molar-refractivity contribution in [1.82, 2.24) is 0 Å². The van der Waals surface area contributed by atoms with E-state index in [1.807, 2.05) is 42.2 Å². The molecule has 2 aliphatic rings. The van der Waals surface area contributed by atoms with Gasteiger partial charge in [-0.2, -0.15) is 0 Å². The van der Waals surface area contributed by atoms with Crippen LogP contribution in [0.1, 0.15) is 33.6 Å². The monoisotopic (exact) mass is 441 g/mol. The van der Waals surface area contributed by atoms with Gasteiger partial charge >= 0.3 is 0 Å². The molecule has 2 aromatic carbocycles. The highest BCUT2D eigenvalue weighted by atomic mass is 32.2. The summed E-state index contributed by atoms with van der Waals surface area (Å²) in [4.78, 5) is 28.8. The summed E-state index contributed by atoms with van der Waals surface area (Å²) in [5.74, 6) is 0.166. The van der Waals surface area contributed by atoms with Crippen molar-refractivity contribution in [3.8, 4) is 11.1 Å². The van der Waals surface area contributed by atoms with Gasteiger partial charge in [-0.1, -0.05) is 18.2 Å². The van der Waals surface area contributed by atoms with Crippen LogP contribution in [0.2, 0.25) is 0 Å². The SMILES string of the molecule is CCS(=O)(=O)Nc1ccc(-c2ccc3c(c2)N(C(=O)C2CC2)CC(C)N3C(C)=O)cc1. The van der Waals surface area contributed by atoms with E-state index >= 15 is 0 Å². The van der Waals surface area contributed by atoms with Crippen LogP contribution in [0, 0.1) is 5.92 Å². The number of fused-ring (bicyclic) bond motifs is 1. The van der Waals surface area contributed by atoms with Crippen molar-refractivity contribution >= 4 is 38.9 Å². The number of sulfonamides is 1. The second-order valence-electron chi connectivity index (χ2n) is 8.25. The molecule has 0 aromatic heterocycles. The zero-order valence-electron chi connectivity index (χ0n) is 18.0. The topological polar surface area (TPSA) is 86.8 Å². The molecule has 0 radical (unpaired) electrons. The summed E-state index contributed by atoms with van der Waals surface area (Å²) < 4.78 is 26.1. The Hall–Kier alpha value is -2.87. The van der Waals surface area contributed by atoms with Crippen molar-refractivity contribution in [3.63, 3.8) is 0 Å². The van der Waals surface area contributed by atoms with E-state index in [0.717, 1.165) is 35.3 Å². The lowest BCUT2D eigenvalue weighted by atomic mass is 10.00. The highest BCUT2D eigenvalue weighted by molar-refractivity contribution is 7.92. The van der Waals surface area contributed by atoms with E-state index < -0.39 is 10.0 Å². The predicted molar refractivity (Wildman–Crippen MR) is 123 cm³/mol. The molecule has 4 rings (SSSR count). The van der Waals surface area contributed by atoms with Gasteiger partial charge in [0.05, 0.1) is 23.2 Å². The maximum Gasteiger partial charge on any atom is 0.232 e. The minimum atomic E-state index is -3.33. The van der Waals surface area contributed by atoms with Gasteiger partial charge in [-0.05, 0) is 62.1 Å². The van der Waals surface area contributed by atoms with Gasteiger partial charge in [-0.25, -0.2) is 8.42 Å². The number of nitrogens with one attached hydrogen (secondary N) is 1. The second-order valence-corrected chi connectivity index (χ2v) is 10.3. The van der Waals surface area contributed by atoms with Crippen molar-refractivity contribution in [3.05, 3.63) is 42.5 Å². The van der Waals surface area contributed by atoms with E-state index in [2.05, 4.69) is 4.72 Å². The highest BCUT2D eigenvalue weighted by Gasteiger charge is 2.39. The molecule has 8 heteroatoms. The molecule has 1 unspecified atom stereocenters. The molecule has 7 nitrogen and oxygen atoms in total. The number of nitrogens with zero attached hydrogens (tertiary/aromatic N) is 2. The third kappa shape index (κ3) is 4.30. The summed E-state index contributed by atoms with van der Waals surface area (Å²) in [6, 6.07) is 12.8. The van der Waals surface area contributed by atoms with E-state index in [1.165, 1.54) is 0 Å². The lowest BCUT2D eigenvalue weighted by Crippen LogP contribution is -2.51. The minimum Gasteiger partial charge on any atom is -0.308 e. The molecule has 2 amide bonds. The molecule has 164 valence electrons. The van der Waals surface area contributed by atoms with Crippen LogP contribution in [0.15, 0.2) is 42.5 Å². The molecular formula is C23H27N3O4S. The van der Waals surface area contributed by atoms with Crippen molar-refractivity contribution in [2.45, 2.75) is 39.7 Å². The van der Waals surface area contributed by atoms with Crippen LogP contribution in [-0.2, 0) is 19.6 Å². The molecule has 1 aliphatic carbocycles. The van der Waals surface area contributed by atoms with Gasteiger partial charge in [0, 0.05) is 25.1 Å². The average molecular weight is 442 g/mol. The standard InChI is InChI=1S/C23H27N3O4S/c1-4-31(29,30)24-20-10-7-17(8-11-20)19-9-12-21-22(13-19)25(23(28)18-5-6-18)14-15(2)26(21)16(3)27/h7-13,15,18,24H,4-6,14H2,1-3H3. The first kappa shape index (κ1) is 21.4. The Morgan fingerprint density at radius 1 is 1.03 bits per heavy atom. The normalized spacial score (nSPS) is 18.5. The van der Waals surface area contributed by atoms with Crippen molar-refractivity contribution in [1.29, 1.82) is 0 Å². The Morgan fingerprint density at radius 2 is 1.68 bits per heavy atom. The molecule has 2 aromatic rings. The number of carbonyl (C=O) groups excluding carboxylic acids is 2. The zero-order chi connectivity index (χ0) is 22.3. The average Bonchev–Trinajstić information content (AvgIpc) is 3.58. The molecule has 1 fully saturated rings. The number of benzene rings is 2. The fourth-order valence-corrected chi connectivity index (χ4v) is 4.67. The summed E-state index contributed by atoms with van der Waals surface area (Å²) in [7, 11) is -3.33. The molecule has 1 heterocycles. The van der Waals surface area contributed by atoms with E-state index in [0.29, 0.717) is 12.2 Å². The summed E-state index contributed by atoms with van der Waals surface area (Å²) in [5, 5.41) is 0. The fourth-order valence-electron chi connectivity index (χ4n) is 4.03. The van der Waals surface area contributed by atoms with Gasteiger partial charge in [0.1, 0.15) is 0 Å². The predicted octanol–water partition coefficient (Wildman–Crippen LogP) is 3.61. The van der Waals surface area contributed by atoms with Gasteiger partial charge < -0.3 is 9.80 Å². The smallest absolute Gasteiger partial charge is 0.232 e. The highest BCUT2D eigenvalue weighted by Crippen LogP contribution is 2.42. The molecule has 1 atom stereocenters. The first-order valence-electron chi connectivity index (χ1n) is 10.6. The van der Waals surface area contributed by atoms with Crippen LogP contribution in [0.4, 0.5) is 17.1 Å². The van der Waals surface area contributed by atoms with Crippen LogP contribution < -0.4 is 14.5 Å². The maximum atomic E-state index is 13.0. The third-order valence-corrected chi connectivity index (χ3v) is 7.12. The zero-order valence-corrected chi connectivity index (χ0v) is 18.8. The van der Waals surface area contributed by atoms with Crippen LogP contribution in [0.5, 0.6) is 0 Å². The molecule has 1 N–H and O–H groups in total. The summed E-state index contributed by atoms with van der Waals surface area (Å²) >= 11 is 0. The van der Waals surface area contributed by atoms with Gasteiger partial charge in [-0.3, -0.25) is 14.3 Å². The van der Waals surface area contributed by atoms with Gasteiger partial charge in [0.2, 0.25) is 21.8 Å². The first-order chi connectivity index (χ1) is 14.7. The Kier molecular flexibility index (Phi) is 5.51. The van der Waals surface area contributed by atoms with E-state index in [-0.39, 0.29) is 29.5 Å². The summed E-state index contributed by atoms with van der Waals surface area (Å²) in [6.45, 7) is 5.57. The summed E-state index contributed by atoms with van der Waals surface area (Å²) in [6.07, 6.45) is 1.84. The number of carbonyl (C=O) groups is 2. The van der Waals surface area contributed by atoms with Crippen molar-refractivity contribution < 1.29 is 18.0 Å². The molecular weight excluding hydrogens is 414 g/mol. The Bertz CT molecular complexity index is 1120. The van der Waals surface area contributed by atoms with Gasteiger partial charge in [0.25, 0.3) is 0 Å². The van der Waals surface area contributed by atoms with E-state index in [1.54, 1.807) is 30.9 Å². The van der Waals surface area contributed by atoms with Crippen molar-refractivity contribution in [2.24, 2.45) is 5.92 Å². The van der Waals surface area contributed by atoms with Crippen LogP contribution >= 0.6 is 0 Å². The number of hydrogen-bond donors (Lipinski definition) is 1. The van der Waals surface area contributed by atoms with Crippen LogP contribution in [-0.4, -0.2) is 38.6 Å². The van der Waals surface area contributed by atoms with E-state index in [4.69, 9.17) is 0 Å². The molecule has 0 spiro atoms. The molecule has 31 heavy (non-hydrogen) atoms. The Morgan fingerprint density at radius 3 is 2.26 bits per heavy atom. The lowest BCUT2D eigenvalue weighted by Gasteiger charge is -2.41. The quantitative estimate of drug-likeness (QED) is 0.768. The molecule has 1 aliphatic heterocycles. The Labute approximate surface area is 183 Å². The molecule has 1 saturated carbocycles. The molecule has 0 bridgehead atoms. The van der Waals surface area contributed by atoms with Gasteiger partial charge in [-0.15, -0.1) is 0 Å². The first-order valence-corrected chi connectivity index (χ1v) is 12.2.